The molecule has 0 unspecified atom stereocenters. The van der Waals surface area contributed by atoms with Crippen molar-refractivity contribution >= 4 is 38.2 Å². The maximum Gasteiger partial charge on any atom is 0.160 e. The standard InChI is InChI=1S/C20H13N3OS/c1-11-6-14(12(2)24)15-9-16(18(10-21)23-17(15)7-11)19-8-13-4-3-5-22-20(13)25-19/h3-9H,1-2H3. The highest BCUT2D eigenvalue weighted by Gasteiger charge is 2.15. The smallest absolute Gasteiger partial charge is 0.160 e. The van der Waals surface area contributed by atoms with Gasteiger partial charge in [0.25, 0.3) is 0 Å². The lowest BCUT2D eigenvalue weighted by Gasteiger charge is -2.08. The van der Waals surface area contributed by atoms with Crippen LogP contribution in [0.2, 0.25) is 0 Å². The summed E-state index contributed by atoms with van der Waals surface area (Å²) in [5, 5.41) is 11.4. The predicted octanol–water partition coefficient (Wildman–Crippen LogP) is 4.89. The van der Waals surface area contributed by atoms with E-state index < -0.39 is 0 Å². The van der Waals surface area contributed by atoms with E-state index in [1.165, 1.54) is 11.3 Å². The quantitative estimate of drug-likeness (QED) is 0.486. The Balaban J connectivity index is 2.06. The summed E-state index contributed by atoms with van der Waals surface area (Å²) in [6, 6.07) is 13.8. The molecule has 0 N–H and O–H groups in total. The second-order valence-corrected chi connectivity index (χ2v) is 6.97. The number of fused-ring (bicyclic) bond motifs is 2. The van der Waals surface area contributed by atoms with Crippen LogP contribution in [0.4, 0.5) is 0 Å². The number of aryl methyl sites for hydroxylation is 1. The largest absolute Gasteiger partial charge is 0.294 e. The van der Waals surface area contributed by atoms with Crippen LogP contribution in [0.15, 0.2) is 42.6 Å². The zero-order valence-corrected chi connectivity index (χ0v) is 14.5. The molecule has 3 aromatic heterocycles. The molecule has 0 aliphatic carbocycles. The Morgan fingerprint density at radius 1 is 1.24 bits per heavy atom. The minimum Gasteiger partial charge on any atom is -0.294 e. The number of nitrogens with zero attached hydrogens (tertiary/aromatic N) is 3. The van der Waals surface area contributed by atoms with Gasteiger partial charge >= 0.3 is 0 Å². The number of Topliss-reactive ketones (excluding diaryl/α,β-unsaturated/α-hetero) is 1. The zero-order valence-electron chi connectivity index (χ0n) is 13.7. The lowest BCUT2D eigenvalue weighted by atomic mass is 9.99. The molecule has 0 fully saturated rings. The molecular weight excluding hydrogens is 330 g/mol. The fourth-order valence-electron chi connectivity index (χ4n) is 2.99. The summed E-state index contributed by atoms with van der Waals surface area (Å²) in [4.78, 5) is 22.8. The summed E-state index contributed by atoms with van der Waals surface area (Å²) < 4.78 is 0. The van der Waals surface area contributed by atoms with E-state index in [2.05, 4.69) is 16.0 Å². The Bertz CT molecular complexity index is 1170. The van der Waals surface area contributed by atoms with Crippen molar-refractivity contribution in [3.05, 3.63) is 59.4 Å². The van der Waals surface area contributed by atoms with Gasteiger partial charge < -0.3 is 0 Å². The van der Waals surface area contributed by atoms with E-state index in [0.29, 0.717) is 16.8 Å². The number of hydrogen-bond donors (Lipinski definition) is 0. The van der Waals surface area contributed by atoms with Gasteiger partial charge in [0.2, 0.25) is 0 Å². The molecule has 5 heteroatoms. The molecule has 0 saturated carbocycles. The van der Waals surface area contributed by atoms with Crippen LogP contribution in [0.3, 0.4) is 0 Å². The average molecular weight is 343 g/mol. The summed E-state index contributed by atoms with van der Waals surface area (Å²) in [6.07, 6.45) is 1.75. The van der Waals surface area contributed by atoms with E-state index in [-0.39, 0.29) is 5.78 Å². The lowest BCUT2D eigenvalue weighted by Crippen LogP contribution is -1.98. The van der Waals surface area contributed by atoms with E-state index >= 15 is 0 Å². The van der Waals surface area contributed by atoms with E-state index in [1.807, 2.05) is 43.3 Å². The first-order valence-corrected chi connectivity index (χ1v) is 8.60. The molecule has 4 rings (SSSR count). The first kappa shape index (κ1) is 15.4. The Hall–Kier alpha value is -3.10. The van der Waals surface area contributed by atoms with Crippen molar-refractivity contribution in [2.75, 3.05) is 0 Å². The molecule has 1 aromatic carbocycles. The molecule has 4 aromatic rings. The molecule has 120 valence electrons. The van der Waals surface area contributed by atoms with Crippen LogP contribution in [0.1, 0.15) is 28.5 Å². The molecule has 3 heterocycles. The zero-order chi connectivity index (χ0) is 17.6. The normalized spacial score (nSPS) is 10.9. The first-order valence-electron chi connectivity index (χ1n) is 7.78. The van der Waals surface area contributed by atoms with Crippen molar-refractivity contribution in [2.45, 2.75) is 13.8 Å². The number of benzene rings is 1. The van der Waals surface area contributed by atoms with Crippen molar-refractivity contribution in [3.63, 3.8) is 0 Å². The minimum atomic E-state index is -0.0100. The van der Waals surface area contributed by atoms with Crippen molar-refractivity contribution < 1.29 is 4.79 Å². The highest BCUT2D eigenvalue weighted by molar-refractivity contribution is 7.21. The van der Waals surface area contributed by atoms with Crippen LogP contribution in [0, 0.1) is 18.3 Å². The number of carbonyl (C=O) groups excluding carboxylic acids is 1. The lowest BCUT2D eigenvalue weighted by molar-refractivity contribution is 0.101. The Morgan fingerprint density at radius 3 is 2.80 bits per heavy atom. The molecule has 0 radical (unpaired) electrons. The fraction of sp³-hybridized carbons (Fsp3) is 0.100. The minimum absolute atomic E-state index is 0.0100. The average Bonchev–Trinajstić information content (AvgIpc) is 3.03. The molecule has 0 bridgehead atoms. The maximum absolute atomic E-state index is 12.1. The predicted molar refractivity (Wildman–Crippen MR) is 99.8 cm³/mol. The molecule has 0 aliphatic heterocycles. The number of hydrogen-bond acceptors (Lipinski definition) is 5. The highest BCUT2D eigenvalue weighted by atomic mass is 32.1. The first-order chi connectivity index (χ1) is 12.1. The molecule has 0 amide bonds. The molecule has 4 nitrogen and oxygen atoms in total. The SMILES string of the molecule is CC(=O)c1cc(C)cc2nc(C#N)c(-c3cc4cccnc4s3)cc12. The van der Waals surface area contributed by atoms with Crippen molar-refractivity contribution in [1.29, 1.82) is 5.26 Å². The van der Waals surface area contributed by atoms with E-state index in [0.717, 1.165) is 31.6 Å². The number of aromatic nitrogens is 2. The summed E-state index contributed by atoms with van der Waals surface area (Å²) in [6.45, 7) is 3.47. The van der Waals surface area contributed by atoms with Gasteiger partial charge in [-0.2, -0.15) is 5.26 Å². The van der Waals surface area contributed by atoms with E-state index in [4.69, 9.17) is 0 Å². The van der Waals surface area contributed by atoms with Gasteiger partial charge in [0.1, 0.15) is 16.6 Å². The van der Waals surface area contributed by atoms with E-state index in [9.17, 15) is 10.1 Å². The Labute approximate surface area is 148 Å². The molecule has 0 aliphatic rings. The molecule has 0 spiro atoms. The maximum atomic E-state index is 12.1. The molecule has 0 atom stereocenters. The monoisotopic (exact) mass is 343 g/mol. The number of rotatable bonds is 2. The van der Waals surface area contributed by atoms with E-state index in [1.54, 1.807) is 13.1 Å². The van der Waals surface area contributed by atoms with Crippen molar-refractivity contribution in [1.82, 2.24) is 9.97 Å². The summed E-state index contributed by atoms with van der Waals surface area (Å²) in [5.74, 6) is -0.0100. The number of pyridine rings is 2. The second kappa shape index (κ2) is 5.76. The third-order valence-corrected chi connectivity index (χ3v) is 5.22. The Morgan fingerprint density at radius 2 is 2.08 bits per heavy atom. The topological polar surface area (TPSA) is 66.6 Å². The summed E-state index contributed by atoms with van der Waals surface area (Å²) >= 11 is 1.52. The third kappa shape index (κ3) is 2.57. The van der Waals surface area contributed by atoms with Crippen LogP contribution < -0.4 is 0 Å². The summed E-state index contributed by atoms with van der Waals surface area (Å²) in [5.41, 5.74) is 3.36. The molecular formula is C20H13N3OS. The number of thiophene rings is 1. The van der Waals surface area contributed by atoms with Gasteiger partial charge in [0, 0.05) is 33.0 Å². The highest BCUT2D eigenvalue weighted by Crippen LogP contribution is 2.36. The molecule has 25 heavy (non-hydrogen) atoms. The van der Waals surface area contributed by atoms with Gasteiger partial charge in [0.05, 0.1) is 5.52 Å². The van der Waals surface area contributed by atoms with Gasteiger partial charge in [-0.25, -0.2) is 9.97 Å². The van der Waals surface area contributed by atoms with Gasteiger partial charge in [-0.05, 0) is 49.7 Å². The van der Waals surface area contributed by atoms with Crippen molar-refractivity contribution in [2.24, 2.45) is 0 Å². The van der Waals surface area contributed by atoms with Gasteiger partial charge in [-0.1, -0.05) is 6.07 Å². The van der Waals surface area contributed by atoms with Crippen LogP contribution in [-0.2, 0) is 0 Å². The Kier molecular flexibility index (Phi) is 3.56. The number of carbonyl (C=O) groups is 1. The number of ketones is 1. The van der Waals surface area contributed by atoms with Gasteiger partial charge in [-0.15, -0.1) is 11.3 Å². The van der Waals surface area contributed by atoms with Crippen LogP contribution in [0.25, 0.3) is 31.6 Å². The third-order valence-electron chi connectivity index (χ3n) is 4.12. The van der Waals surface area contributed by atoms with Gasteiger partial charge in [0.15, 0.2) is 5.78 Å². The fourth-order valence-corrected chi connectivity index (χ4v) is 4.00. The van der Waals surface area contributed by atoms with Gasteiger partial charge in [-0.3, -0.25) is 4.79 Å². The second-order valence-electron chi connectivity index (χ2n) is 5.94. The van der Waals surface area contributed by atoms with Crippen LogP contribution in [0.5, 0.6) is 0 Å². The van der Waals surface area contributed by atoms with Crippen molar-refractivity contribution in [3.8, 4) is 16.5 Å². The van der Waals surface area contributed by atoms with Crippen LogP contribution >= 0.6 is 11.3 Å². The summed E-state index contributed by atoms with van der Waals surface area (Å²) in [7, 11) is 0. The number of nitriles is 1. The molecule has 0 saturated heterocycles. The van der Waals surface area contributed by atoms with Crippen LogP contribution in [-0.4, -0.2) is 15.8 Å².